The van der Waals surface area contributed by atoms with E-state index in [1.165, 1.54) is 23.9 Å². The monoisotopic (exact) mass is 572 g/mol. The summed E-state index contributed by atoms with van der Waals surface area (Å²) in [4.78, 5) is 51.3. The molecule has 4 atom stereocenters. The van der Waals surface area contributed by atoms with Gasteiger partial charge in [-0.2, -0.15) is 11.8 Å². The van der Waals surface area contributed by atoms with Crippen molar-refractivity contribution in [2.75, 3.05) is 12.0 Å². The van der Waals surface area contributed by atoms with E-state index in [4.69, 9.17) is 5.73 Å². The minimum atomic E-state index is -1.14. The van der Waals surface area contributed by atoms with Crippen molar-refractivity contribution in [3.05, 3.63) is 65.7 Å². The van der Waals surface area contributed by atoms with Crippen molar-refractivity contribution in [2.45, 2.75) is 63.7 Å². The Morgan fingerprint density at radius 3 is 1.93 bits per heavy atom. The number of amides is 3. The van der Waals surface area contributed by atoms with E-state index < -0.39 is 47.9 Å². The van der Waals surface area contributed by atoms with Gasteiger partial charge in [0.15, 0.2) is 0 Å². The van der Waals surface area contributed by atoms with Crippen molar-refractivity contribution in [3.63, 3.8) is 0 Å². The third-order valence-electron chi connectivity index (χ3n) is 6.21. The van der Waals surface area contributed by atoms with Crippen LogP contribution in [0.25, 0.3) is 0 Å². The van der Waals surface area contributed by atoms with Crippen LogP contribution in [0.3, 0.4) is 0 Å². The van der Waals surface area contributed by atoms with E-state index in [9.17, 15) is 29.4 Å². The van der Waals surface area contributed by atoms with Crippen molar-refractivity contribution >= 4 is 35.5 Å². The first-order valence-corrected chi connectivity index (χ1v) is 14.6. The number of carbonyl (C=O) groups excluding carboxylic acids is 3. The van der Waals surface area contributed by atoms with Gasteiger partial charge in [-0.1, -0.05) is 56.3 Å². The number of carbonyl (C=O) groups is 4. The van der Waals surface area contributed by atoms with E-state index in [0.29, 0.717) is 5.75 Å². The summed E-state index contributed by atoms with van der Waals surface area (Å²) in [6.45, 7) is 3.72. The van der Waals surface area contributed by atoms with Gasteiger partial charge >= 0.3 is 5.97 Å². The van der Waals surface area contributed by atoms with Crippen molar-refractivity contribution in [2.24, 2.45) is 11.7 Å². The molecule has 0 aliphatic rings. The number of hydrogen-bond acceptors (Lipinski definition) is 7. The molecule has 4 unspecified atom stereocenters. The number of phenolic OH excluding ortho intramolecular Hbond substituents is 1. The van der Waals surface area contributed by atoms with Gasteiger partial charge in [0.05, 0.1) is 6.04 Å². The first kappa shape index (κ1) is 32.6. The van der Waals surface area contributed by atoms with Crippen LogP contribution in [-0.2, 0) is 32.0 Å². The topological polar surface area (TPSA) is 171 Å². The number of aromatic hydroxyl groups is 1. The molecule has 0 aliphatic carbocycles. The van der Waals surface area contributed by atoms with E-state index >= 15 is 0 Å². The second kappa shape index (κ2) is 16.5. The minimum Gasteiger partial charge on any atom is -0.508 e. The van der Waals surface area contributed by atoms with Crippen LogP contribution in [-0.4, -0.2) is 70.1 Å². The summed E-state index contributed by atoms with van der Waals surface area (Å²) in [5.41, 5.74) is 7.68. The lowest BCUT2D eigenvalue weighted by Gasteiger charge is -2.25. The zero-order valence-electron chi connectivity index (χ0n) is 23.1. The Hall–Kier alpha value is -3.57. The Morgan fingerprint density at radius 1 is 0.800 bits per heavy atom. The van der Waals surface area contributed by atoms with Crippen LogP contribution in [0.2, 0.25) is 0 Å². The maximum atomic E-state index is 13.5. The fourth-order valence-electron chi connectivity index (χ4n) is 4.06. The predicted molar refractivity (Wildman–Crippen MR) is 156 cm³/mol. The SMILES string of the molecule is CSCCC(NC(=O)C(Cc1ccccc1)NC(=O)C(N)Cc1ccc(O)cc1)C(=O)NC(CC(C)C)C(=O)O. The first-order valence-electron chi connectivity index (χ1n) is 13.2. The van der Waals surface area contributed by atoms with Crippen molar-refractivity contribution in [3.8, 4) is 5.75 Å². The minimum absolute atomic E-state index is 0.0388. The normalized spacial score (nSPS) is 14.0. The molecule has 2 aromatic rings. The van der Waals surface area contributed by atoms with Gasteiger partial charge in [-0.25, -0.2) is 4.79 Å². The number of aliphatic carboxylic acids is 1. The lowest BCUT2D eigenvalue weighted by Crippen LogP contribution is -2.58. The van der Waals surface area contributed by atoms with Crippen LogP contribution in [0.1, 0.15) is 37.8 Å². The molecular weight excluding hydrogens is 532 g/mol. The van der Waals surface area contributed by atoms with E-state index in [1.807, 2.05) is 50.4 Å². The third kappa shape index (κ3) is 11.3. The van der Waals surface area contributed by atoms with E-state index in [2.05, 4.69) is 16.0 Å². The number of thioether (sulfide) groups is 1. The number of nitrogens with one attached hydrogen (secondary N) is 3. The summed E-state index contributed by atoms with van der Waals surface area (Å²) in [6, 6.07) is 11.4. The highest BCUT2D eigenvalue weighted by Gasteiger charge is 2.30. The highest BCUT2D eigenvalue weighted by atomic mass is 32.2. The van der Waals surface area contributed by atoms with E-state index in [0.717, 1.165) is 11.1 Å². The number of carboxylic acids is 1. The maximum absolute atomic E-state index is 13.5. The fraction of sp³-hybridized carbons (Fsp3) is 0.448. The molecule has 0 radical (unpaired) electrons. The van der Waals surface area contributed by atoms with Crippen molar-refractivity contribution in [1.82, 2.24) is 16.0 Å². The molecule has 2 rings (SSSR count). The third-order valence-corrected chi connectivity index (χ3v) is 6.85. The summed E-state index contributed by atoms with van der Waals surface area (Å²) >= 11 is 1.49. The molecule has 0 saturated carbocycles. The summed E-state index contributed by atoms with van der Waals surface area (Å²) in [5, 5.41) is 27.0. The van der Waals surface area contributed by atoms with Gasteiger partial charge in [0.2, 0.25) is 17.7 Å². The molecule has 40 heavy (non-hydrogen) atoms. The number of benzene rings is 2. The summed E-state index contributed by atoms with van der Waals surface area (Å²) in [5.74, 6) is -2.17. The Bertz CT molecular complexity index is 1110. The number of nitrogens with two attached hydrogens (primary N) is 1. The maximum Gasteiger partial charge on any atom is 0.326 e. The molecule has 0 saturated heterocycles. The van der Waals surface area contributed by atoms with Gasteiger partial charge in [-0.15, -0.1) is 0 Å². The van der Waals surface area contributed by atoms with Crippen molar-refractivity contribution in [1.29, 1.82) is 0 Å². The van der Waals surface area contributed by atoms with Crippen LogP contribution < -0.4 is 21.7 Å². The molecule has 0 bridgehead atoms. The summed E-state index contributed by atoms with van der Waals surface area (Å²) in [6.07, 6.45) is 2.74. The van der Waals surface area contributed by atoms with Crippen molar-refractivity contribution < 1.29 is 29.4 Å². The van der Waals surface area contributed by atoms with Crippen LogP contribution in [0.15, 0.2) is 54.6 Å². The highest BCUT2D eigenvalue weighted by molar-refractivity contribution is 7.98. The Balaban J connectivity index is 2.19. The quantitative estimate of drug-likeness (QED) is 0.177. The summed E-state index contributed by atoms with van der Waals surface area (Å²) in [7, 11) is 0. The van der Waals surface area contributed by atoms with Crippen LogP contribution in [0.4, 0.5) is 0 Å². The smallest absolute Gasteiger partial charge is 0.326 e. The standard InChI is InChI=1S/C29H40N4O6S/c1-18(2)15-25(29(38)39)33-27(36)23(13-14-40-3)31-28(37)24(17-19-7-5-4-6-8-19)32-26(35)22(30)16-20-9-11-21(34)12-10-20/h4-12,18,22-25,34H,13-17,30H2,1-3H3,(H,31,37)(H,32,35)(H,33,36)(H,38,39). The molecule has 7 N–H and O–H groups in total. The van der Waals surface area contributed by atoms with Gasteiger partial charge in [0.1, 0.15) is 23.9 Å². The van der Waals surface area contributed by atoms with E-state index in [-0.39, 0.29) is 37.4 Å². The predicted octanol–water partition coefficient (Wildman–Crippen LogP) is 1.84. The second-order valence-electron chi connectivity index (χ2n) is 10.1. The molecule has 2 aromatic carbocycles. The molecule has 218 valence electrons. The number of rotatable bonds is 16. The lowest BCUT2D eigenvalue weighted by molar-refractivity contribution is -0.142. The van der Waals surface area contributed by atoms with Gasteiger partial charge in [-0.05, 0) is 60.4 Å². The molecule has 0 aromatic heterocycles. The molecule has 0 fully saturated rings. The largest absolute Gasteiger partial charge is 0.508 e. The van der Waals surface area contributed by atoms with Crippen LogP contribution >= 0.6 is 11.8 Å². The zero-order chi connectivity index (χ0) is 29.7. The van der Waals surface area contributed by atoms with Gasteiger partial charge in [-0.3, -0.25) is 14.4 Å². The number of hydrogen-bond donors (Lipinski definition) is 6. The average molecular weight is 573 g/mol. The molecule has 0 heterocycles. The summed E-state index contributed by atoms with van der Waals surface area (Å²) < 4.78 is 0. The van der Waals surface area contributed by atoms with Gasteiger partial charge in [0.25, 0.3) is 0 Å². The van der Waals surface area contributed by atoms with Gasteiger partial charge < -0.3 is 31.9 Å². The zero-order valence-corrected chi connectivity index (χ0v) is 23.9. The van der Waals surface area contributed by atoms with Crippen LogP contribution in [0, 0.1) is 5.92 Å². The molecular formula is C29H40N4O6S. The fourth-order valence-corrected chi connectivity index (χ4v) is 4.53. The molecule has 10 nitrogen and oxygen atoms in total. The second-order valence-corrected chi connectivity index (χ2v) is 11.1. The molecule has 3 amide bonds. The number of phenols is 1. The number of carboxylic acid groups (broad SMARTS) is 1. The van der Waals surface area contributed by atoms with E-state index in [1.54, 1.807) is 12.1 Å². The Labute approximate surface area is 239 Å². The molecule has 0 aliphatic heterocycles. The molecule has 11 heteroatoms. The Kier molecular flexibility index (Phi) is 13.5. The first-order chi connectivity index (χ1) is 19.0. The van der Waals surface area contributed by atoms with Crippen LogP contribution in [0.5, 0.6) is 5.75 Å². The van der Waals surface area contributed by atoms with Gasteiger partial charge in [0, 0.05) is 6.42 Å². The molecule has 0 spiro atoms. The lowest BCUT2D eigenvalue weighted by atomic mass is 10.0. The Morgan fingerprint density at radius 2 is 1.35 bits per heavy atom. The highest BCUT2D eigenvalue weighted by Crippen LogP contribution is 2.12. The average Bonchev–Trinajstić information content (AvgIpc) is 2.91.